The molecule has 0 aromatic rings. The minimum absolute atomic E-state index is 0.000471. The lowest BCUT2D eigenvalue weighted by atomic mass is 9.98. The average molecular weight is 268 g/mol. The van der Waals surface area contributed by atoms with Crippen molar-refractivity contribution in [3.63, 3.8) is 0 Å². The maximum absolute atomic E-state index is 11.9. The number of nitrogens with zero attached hydrogens (tertiary/aromatic N) is 2. The predicted octanol–water partition coefficient (Wildman–Crippen LogP) is -0.199. The van der Waals surface area contributed by atoms with Crippen LogP contribution in [0.5, 0.6) is 0 Å². The predicted molar refractivity (Wildman–Crippen MR) is 72.4 cm³/mol. The van der Waals surface area contributed by atoms with Gasteiger partial charge < -0.3 is 16.2 Å². The first-order chi connectivity index (χ1) is 8.95. The summed E-state index contributed by atoms with van der Waals surface area (Å²) >= 11 is 0. The number of carbonyl (C=O) groups is 2. The summed E-state index contributed by atoms with van der Waals surface area (Å²) in [5.74, 6) is -1.54. The highest BCUT2D eigenvalue weighted by Crippen LogP contribution is 2.08. The Bertz CT molecular complexity index is 382. The number of carboxylic acids is 1. The van der Waals surface area contributed by atoms with Gasteiger partial charge in [-0.05, 0) is 5.92 Å². The molecule has 4 atom stereocenters. The van der Waals surface area contributed by atoms with Gasteiger partial charge in [-0.2, -0.15) is 0 Å². The molecule has 1 rings (SSSR count). The number of aliphatic carboxylic acids is 1. The fourth-order valence-electron chi connectivity index (χ4n) is 1.67. The van der Waals surface area contributed by atoms with Crippen LogP contribution in [0.25, 0.3) is 0 Å². The van der Waals surface area contributed by atoms with Gasteiger partial charge in [0.05, 0.1) is 12.1 Å². The van der Waals surface area contributed by atoms with Gasteiger partial charge >= 0.3 is 5.97 Å². The van der Waals surface area contributed by atoms with Gasteiger partial charge in [0, 0.05) is 12.6 Å². The summed E-state index contributed by atoms with van der Waals surface area (Å²) < 4.78 is 0. The molecule has 1 aliphatic rings. The van der Waals surface area contributed by atoms with E-state index < -0.39 is 24.0 Å². The fourth-order valence-corrected chi connectivity index (χ4v) is 1.67. The largest absolute Gasteiger partial charge is 0.480 e. The molecular weight excluding hydrogens is 248 g/mol. The van der Waals surface area contributed by atoms with Gasteiger partial charge in [0.15, 0.2) is 0 Å². The molecule has 1 heterocycles. The van der Waals surface area contributed by atoms with Gasteiger partial charge in [-0.15, -0.1) is 0 Å². The fraction of sp³-hybridized carbons (Fsp3) is 0.667. The molecule has 0 aromatic carbocycles. The van der Waals surface area contributed by atoms with Crippen molar-refractivity contribution >= 4 is 24.4 Å². The molecule has 0 saturated heterocycles. The van der Waals surface area contributed by atoms with Crippen LogP contribution in [0.2, 0.25) is 0 Å². The monoisotopic (exact) mass is 268 g/mol. The Kier molecular flexibility index (Phi) is 5.62. The second-order valence-electron chi connectivity index (χ2n) is 4.68. The Morgan fingerprint density at radius 2 is 2.21 bits per heavy atom. The van der Waals surface area contributed by atoms with E-state index in [0.717, 1.165) is 6.42 Å². The Morgan fingerprint density at radius 1 is 1.53 bits per heavy atom. The number of amides is 1. The topological polar surface area (TPSA) is 117 Å². The lowest BCUT2D eigenvalue weighted by molar-refractivity contribution is -0.142. The van der Waals surface area contributed by atoms with E-state index in [1.165, 1.54) is 6.34 Å². The SMILES string of the molecule is CC[C@H](C)[C@H](N)C(=O)N[C@@H](C[C@@H]1C=NC=N1)C(=O)O. The van der Waals surface area contributed by atoms with Crippen molar-refractivity contribution in [3.05, 3.63) is 0 Å². The van der Waals surface area contributed by atoms with E-state index in [1.54, 1.807) is 6.21 Å². The van der Waals surface area contributed by atoms with Crippen molar-refractivity contribution < 1.29 is 14.7 Å². The van der Waals surface area contributed by atoms with Gasteiger partial charge in [0.1, 0.15) is 12.4 Å². The van der Waals surface area contributed by atoms with Gasteiger partial charge in [0.2, 0.25) is 5.91 Å². The third-order valence-electron chi connectivity index (χ3n) is 3.23. The molecular formula is C12H20N4O3. The normalized spacial score (nSPS) is 21.9. The Balaban J connectivity index is 2.58. The Labute approximate surface area is 112 Å². The molecule has 7 nitrogen and oxygen atoms in total. The molecule has 7 heteroatoms. The van der Waals surface area contributed by atoms with Gasteiger partial charge in [-0.25, -0.2) is 9.79 Å². The quantitative estimate of drug-likeness (QED) is 0.592. The first-order valence-corrected chi connectivity index (χ1v) is 6.29. The average Bonchev–Trinajstić information content (AvgIpc) is 2.88. The molecule has 4 N–H and O–H groups in total. The van der Waals surface area contributed by atoms with Crippen LogP contribution in [0, 0.1) is 5.92 Å². The van der Waals surface area contributed by atoms with Crippen LogP contribution in [-0.2, 0) is 9.59 Å². The van der Waals surface area contributed by atoms with E-state index in [2.05, 4.69) is 15.3 Å². The minimum atomic E-state index is -1.10. The molecule has 0 aromatic heterocycles. The molecule has 0 radical (unpaired) electrons. The van der Waals surface area contributed by atoms with Crippen molar-refractivity contribution in [1.29, 1.82) is 0 Å². The van der Waals surface area contributed by atoms with Crippen LogP contribution in [0.4, 0.5) is 0 Å². The van der Waals surface area contributed by atoms with E-state index >= 15 is 0 Å². The molecule has 0 unspecified atom stereocenters. The summed E-state index contributed by atoms with van der Waals surface area (Å²) in [6.07, 6.45) is 3.85. The Morgan fingerprint density at radius 3 is 2.68 bits per heavy atom. The standard InChI is InChI=1S/C12H20N4O3/c1-3-7(2)10(13)11(17)16-9(12(18)19)4-8-5-14-6-15-8/h5-10H,3-4,13H2,1-2H3,(H,16,17)(H,18,19)/t7-,8+,9-,10-/m0/s1. The molecule has 0 bridgehead atoms. The van der Waals surface area contributed by atoms with Crippen molar-refractivity contribution in [2.75, 3.05) is 0 Å². The number of nitrogens with one attached hydrogen (secondary N) is 1. The minimum Gasteiger partial charge on any atom is -0.480 e. The smallest absolute Gasteiger partial charge is 0.326 e. The summed E-state index contributed by atoms with van der Waals surface area (Å²) in [4.78, 5) is 30.7. The highest BCUT2D eigenvalue weighted by molar-refractivity contribution is 5.88. The van der Waals surface area contributed by atoms with E-state index in [0.29, 0.717) is 0 Å². The van der Waals surface area contributed by atoms with Crippen LogP contribution in [-0.4, -0.2) is 47.7 Å². The van der Waals surface area contributed by atoms with Gasteiger partial charge in [-0.3, -0.25) is 9.79 Å². The number of hydrogen-bond donors (Lipinski definition) is 3. The van der Waals surface area contributed by atoms with E-state index in [1.807, 2.05) is 13.8 Å². The number of hydrogen-bond acceptors (Lipinski definition) is 5. The van der Waals surface area contributed by atoms with Crippen molar-refractivity contribution in [2.45, 2.75) is 44.8 Å². The molecule has 106 valence electrons. The van der Waals surface area contributed by atoms with Crippen LogP contribution in [0.1, 0.15) is 26.7 Å². The second-order valence-corrected chi connectivity index (χ2v) is 4.68. The maximum Gasteiger partial charge on any atom is 0.326 e. The summed E-state index contributed by atoms with van der Waals surface area (Å²) in [5.41, 5.74) is 5.77. The number of rotatable bonds is 7. The van der Waals surface area contributed by atoms with Crippen LogP contribution in [0.15, 0.2) is 9.98 Å². The molecule has 0 aliphatic carbocycles. The molecule has 0 spiro atoms. The second kappa shape index (κ2) is 6.98. The summed E-state index contributed by atoms with van der Waals surface area (Å²) in [6.45, 7) is 3.78. The van der Waals surface area contributed by atoms with E-state index in [4.69, 9.17) is 10.8 Å². The number of aliphatic imine (C=N–C) groups is 2. The Hall–Kier alpha value is -1.76. The highest BCUT2D eigenvalue weighted by Gasteiger charge is 2.27. The zero-order valence-electron chi connectivity index (χ0n) is 11.1. The zero-order valence-corrected chi connectivity index (χ0v) is 11.1. The summed E-state index contributed by atoms with van der Waals surface area (Å²) in [7, 11) is 0. The highest BCUT2D eigenvalue weighted by atomic mass is 16.4. The van der Waals surface area contributed by atoms with Crippen LogP contribution in [0.3, 0.4) is 0 Å². The summed E-state index contributed by atoms with van der Waals surface area (Å²) in [6, 6.07) is -2.01. The van der Waals surface area contributed by atoms with Crippen molar-refractivity contribution in [3.8, 4) is 0 Å². The number of nitrogens with two attached hydrogens (primary N) is 1. The first kappa shape index (κ1) is 15.3. The lowest BCUT2D eigenvalue weighted by Crippen LogP contribution is -2.51. The number of carboxylic acid groups (broad SMARTS) is 1. The van der Waals surface area contributed by atoms with E-state index in [-0.39, 0.29) is 18.4 Å². The van der Waals surface area contributed by atoms with E-state index in [9.17, 15) is 9.59 Å². The molecule has 1 amide bonds. The maximum atomic E-state index is 11.9. The van der Waals surface area contributed by atoms with Gasteiger partial charge in [-0.1, -0.05) is 20.3 Å². The lowest BCUT2D eigenvalue weighted by Gasteiger charge is -2.21. The summed E-state index contributed by atoms with van der Waals surface area (Å²) in [5, 5.41) is 11.6. The first-order valence-electron chi connectivity index (χ1n) is 6.29. The molecule has 0 saturated carbocycles. The third kappa shape index (κ3) is 4.44. The number of carbonyl (C=O) groups excluding carboxylic acids is 1. The molecule has 0 fully saturated rings. The van der Waals surface area contributed by atoms with Crippen molar-refractivity contribution in [2.24, 2.45) is 21.6 Å². The van der Waals surface area contributed by atoms with Crippen LogP contribution < -0.4 is 11.1 Å². The van der Waals surface area contributed by atoms with Crippen molar-refractivity contribution in [1.82, 2.24) is 5.32 Å². The molecule has 1 aliphatic heterocycles. The molecule has 19 heavy (non-hydrogen) atoms. The zero-order chi connectivity index (χ0) is 14.4. The third-order valence-corrected chi connectivity index (χ3v) is 3.23. The van der Waals surface area contributed by atoms with Crippen LogP contribution >= 0.6 is 0 Å². The van der Waals surface area contributed by atoms with Gasteiger partial charge in [0.25, 0.3) is 0 Å².